The molecule has 0 bridgehead atoms. The van der Waals surface area contributed by atoms with Crippen molar-refractivity contribution >= 4 is 22.8 Å². The Morgan fingerprint density at radius 2 is 2.20 bits per heavy atom. The minimum absolute atomic E-state index is 0.113. The summed E-state index contributed by atoms with van der Waals surface area (Å²) < 4.78 is 10.6. The average molecular weight is 344 g/mol. The van der Waals surface area contributed by atoms with E-state index >= 15 is 0 Å². The third-order valence-electron chi connectivity index (χ3n) is 4.27. The second-order valence-electron chi connectivity index (χ2n) is 6.02. The fraction of sp³-hybridized carbons (Fsp3) is 0.389. The van der Waals surface area contributed by atoms with E-state index in [2.05, 4.69) is 4.98 Å². The van der Waals surface area contributed by atoms with Gasteiger partial charge in [-0.3, -0.25) is 14.6 Å². The normalized spacial score (nSPS) is 17.5. The standard InChI is InChI=1S/C18H20N2O5/c1-11-15(7-12-3-4-13(24-2)8-16(12)19-11)18(23)20-5-6-25-14(10-20)9-17(21)22/h3-4,7-8,14H,5-6,9-10H2,1-2H3,(H,21,22). The molecule has 0 saturated carbocycles. The Morgan fingerprint density at radius 3 is 2.92 bits per heavy atom. The Bertz CT molecular complexity index is 820. The summed E-state index contributed by atoms with van der Waals surface area (Å²) in [5.41, 5.74) is 1.92. The van der Waals surface area contributed by atoms with Crippen LogP contribution in [0, 0.1) is 6.92 Å². The fourth-order valence-corrected chi connectivity index (χ4v) is 2.98. The highest BCUT2D eigenvalue weighted by atomic mass is 16.5. The lowest BCUT2D eigenvalue weighted by Crippen LogP contribution is -2.46. The van der Waals surface area contributed by atoms with E-state index in [-0.39, 0.29) is 18.9 Å². The van der Waals surface area contributed by atoms with E-state index in [9.17, 15) is 9.59 Å². The molecule has 1 atom stereocenters. The molecule has 1 unspecified atom stereocenters. The third-order valence-corrected chi connectivity index (χ3v) is 4.27. The molecule has 3 rings (SSSR count). The number of carboxylic acids is 1. The SMILES string of the molecule is COc1ccc2cc(C(=O)N3CCOC(CC(=O)O)C3)c(C)nc2c1. The molecule has 0 aliphatic carbocycles. The first-order chi connectivity index (χ1) is 12.0. The van der Waals surface area contributed by atoms with Gasteiger partial charge < -0.3 is 19.5 Å². The molecule has 1 aliphatic heterocycles. The van der Waals surface area contributed by atoms with Crippen LogP contribution in [-0.2, 0) is 9.53 Å². The van der Waals surface area contributed by atoms with Crippen LogP contribution in [0.2, 0.25) is 0 Å². The van der Waals surface area contributed by atoms with Crippen LogP contribution in [0.4, 0.5) is 0 Å². The van der Waals surface area contributed by atoms with E-state index < -0.39 is 12.1 Å². The van der Waals surface area contributed by atoms with Crippen LogP contribution in [0.5, 0.6) is 5.75 Å². The lowest BCUT2D eigenvalue weighted by molar-refractivity contribution is -0.141. The molecule has 1 saturated heterocycles. The van der Waals surface area contributed by atoms with E-state index in [4.69, 9.17) is 14.6 Å². The van der Waals surface area contributed by atoms with Gasteiger partial charge in [-0.2, -0.15) is 0 Å². The number of aryl methyl sites for hydroxylation is 1. The van der Waals surface area contributed by atoms with Crippen LogP contribution in [0.1, 0.15) is 22.5 Å². The van der Waals surface area contributed by atoms with Gasteiger partial charge in [0.25, 0.3) is 5.91 Å². The topological polar surface area (TPSA) is 89.0 Å². The molecule has 1 N–H and O–H groups in total. The molecule has 1 aromatic heterocycles. The molecule has 0 spiro atoms. The first-order valence-electron chi connectivity index (χ1n) is 8.06. The van der Waals surface area contributed by atoms with Gasteiger partial charge >= 0.3 is 5.97 Å². The Kier molecular flexibility index (Phi) is 4.85. The van der Waals surface area contributed by atoms with Crippen molar-refractivity contribution in [2.45, 2.75) is 19.4 Å². The molecule has 1 aromatic carbocycles. The number of amides is 1. The number of morpholine rings is 1. The minimum atomic E-state index is -0.934. The number of pyridine rings is 1. The number of nitrogens with zero attached hydrogens (tertiary/aromatic N) is 2. The minimum Gasteiger partial charge on any atom is -0.497 e. The molecule has 2 aromatic rings. The van der Waals surface area contributed by atoms with E-state index in [1.54, 1.807) is 18.9 Å². The van der Waals surface area contributed by atoms with E-state index in [1.807, 2.05) is 24.3 Å². The number of benzene rings is 1. The number of carbonyl (C=O) groups excluding carboxylic acids is 1. The molecule has 1 amide bonds. The van der Waals surface area contributed by atoms with Gasteiger partial charge in [0.2, 0.25) is 0 Å². The number of ether oxygens (including phenoxy) is 2. The number of hydrogen-bond acceptors (Lipinski definition) is 5. The Balaban J connectivity index is 1.86. The lowest BCUT2D eigenvalue weighted by Gasteiger charge is -2.32. The maximum absolute atomic E-state index is 12.9. The van der Waals surface area contributed by atoms with Gasteiger partial charge in [0.1, 0.15) is 5.75 Å². The molecule has 2 heterocycles. The fourth-order valence-electron chi connectivity index (χ4n) is 2.98. The van der Waals surface area contributed by atoms with Crippen LogP contribution >= 0.6 is 0 Å². The molecule has 1 aliphatic rings. The van der Waals surface area contributed by atoms with Gasteiger partial charge in [-0.25, -0.2) is 0 Å². The number of hydrogen-bond donors (Lipinski definition) is 1. The molecule has 1 fully saturated rings. The number of fused-ring (bicyclic) bond motifs is 1. The lowest BCUT2D eigenvalue weighted by atomic mass is 10.1. The van der Waals surface area contributed by atoms with E-state index in [0.29, 0.717) is 30.2 Å². The zero-order valence-corrected chi connectivity index (χ0v) is 14.2. The Labute approximate surface area is 145 Å². The summed E-state index contributed by atoms with van der Waals surface area (Å²) in [6.07, 6.45) is -0.591. The van der Waals surface area contributed by atoms with Crippen LogP contribution < -0.4 is 4.74 Å². The van der Waals surface area contributed by atoms with Gasteiger partial charge in [0, 0.05) is 24.5 Å². The highest BCUT2D eigenvalue weighted by Gasteiger charge is 2.27. The molecule has 0 radical (unpaired) electrons. The molecule has 25 heavy (non-hydrogen) atoms. The van der Waals surface area contributed by atoms with Crippen molar-refractivity contribution in [2.24, 2.45) is 0 Å². The number of carboxylic acid groups (broad SMARTS) is 1. The summed E-state index contributed by atoms with van der Waals surface area (Å²) in [7, 11) is 1.60. The summed E-state index contributed by atoms with van der Waals surface area (Å²) in [5.74, 6) is -0.374. The van der Waals surface area contributed by atoms with Gasteiger partial charge in [0.05, 0.1) is 43.0 Å². The summed E-state index contributed by atoms with van der Waals surface area (Å²) in [6, 6.07) is 7.34. The Morgan fingerprint density at radius 1 is 1.40 bits per heavy atom. The second-order valence-corrected chi connectivity index (χ2v) is 6.02. The van der Waals surface area contributed by atoms with Crippen molar-refractivity contribution in [1.82, 2.24) is 9.88 Å². The van der Waals surface area contributed by atoms with Crippen LogP contribution in [-0.4, -0.2) is 59.8 Å². The van der Waals surface area contributed by atoms with Gasteiger partial charge in [-0.1, -0.05) is 0 Å². The maximum Gasteiger partial charge on any atom is 0.306 e. The number of aliphatic carboxylic acids is 1. The van der Waals surface area contributed by atoms with Crippen LogP contribution in [0.15, 0.2) is 24.3 Å². The third kappa shape index (κ3) is 3.71. The van der Waals surface area contributed by atoms with Crippen molar-refractivity contribution < 1.29 is 24.2 Å². The number of rotatable bonds is 4. The molecular weight excluding hydrogens is 324 g/mol. The number of carbonyl (C=O) groups is 2. The molecule has 7 nitrogen and oxygen atoms in total. The number of methoxy groups -OCH3 is 1. The smallest absolute Gasteiger partial charge is 0.306 e. The largest absolute Gasteiger partial charge is 0.497 e. The summed E-state index contributed by atoms with van der Waals surface area (Å²) >= 11 is 0. The molecule has 7 heteroatoms. The predicted molar refractivity (Wildman–Crippen MR) is 90.9 cm³/mol. The van der Waals surface area contributed by atoms with Crippen LogP contribution in [0.3, 0.4) is 0 Å². The van der Waals surface area contributed by atoms with Crippen LogP contribution in [0.25, 0.3) is 10.9 Å². The first-order valence-corrected chi connectivity index (χ1v) is 8.06. The van der Waals surface area contributed by atoms with Crippen molar-refractivity contribution in [3.8, 4) is 5.75 Å². The molecule has 132 valence electrons. The summed E-state index contributed by atoms with van der Waals surface area (Å²) in [4.78, 5) is 29.9. The van der Waals surface area contributed by atoms with E-state index in [0.717, 1.165) is 10.9 Å². The van der Waals surface area contributed by atoms with Gasteiger partial charge in [-0.15, -0.1) is 0 Å². The average Bonchev–Trinajstić information content (AvgIpc) is 2.59. The van der Waals surface area contributed by atoms with Gasteiger partial charge in [0.15, 0.2) is 0 Å². The van der Waals surface area contributed by atoms with Crippen molar-refractivity contribution in [2.75, 3.05) is 26.8 Å². The van der Waals surface area contributed by atoms with Crippen molar-refractivity contribution in [3.63, 3.8) is 0 Å². The van der Waals surface area contributed by atoms with E-state index in [1.165, 1.54) is 0 Å². The maximum atomic E-state index is 12.9. The highest BCUT2D eigenvalue weighted by Crippen LogP contribution is 2.23. The molecular formula is C18H20N2O5. The second kappa shape index (κ2) is 7.06. The summed E-state index contributed by atoms with van der Waals surface area (Å²) in [6.45, 7) is 2.84. The first kappa shape index (κ1) is 17.2. The summed E-state index contributed by atoms with van der Waals surface area (Å²) in [5, 5.41) is 9.76. The van der Waals surface area contributed by atoms with Gasteiger partial charge in [-0.05, 0) is 25.1 Å². The monoisotopic (exact) mass is 344 g/mol. The number of aromatic nitrogens is 1. The Hall–Kier alpha value is -2.67. The zero-order chi connectivity index (χ0) is 18.0. The highest BCUT2D eigenvalue weighted by molar-refractivity contribution is 5.98. The predicted octanol–water partition coefficient (Wildman–Crippen LogP) is 1.87. The quantitative estimate of drug-likeness (QED) is 0.911. The zero-order valence-electron chi connectivity index (χ0n) is 14.2. The van der Waals surface area contributed by atoms with Crippen molar-refractivity contribution in [1.29, 1.82) is 0 Å². The van der Waals surface area contributed by atoms with Crippen molar-refractivity contribution in [3.05, 3.63) is 35.5 Å².